The summed E-state index contributed by atoms with van der Waals surface area (Å²) in [6.45, 7) is 0.774. The van der Waals surface area contributed by atoms with Gasteiger partial charge in [-0.25, -0.2) is 4.79 Å². The molecule has 0 spiro atoms. The highest BCUT2D eigenvalue weighted by atomic mass is 19.4. The van der Waals surface area contributed by atoms with E-state index in [9.17, 15) is 22.8 Å². The predicted molar refractivity (Wildman–Crippen MR) is 43.0 cm³/mol. The molecule has 7 heteroatoms. The molecule has 0 aromatic rings. The van der Waals surface area contributed by atoms with Gasteiger partial charge in [0.25, 0.3) is 0 Å². The summed E-state index contributed by atoms with van der Waals surface area (Å²) in [6, 6.07) is 0. The summed E-state index contributed by atoms with van der Waals surface area (Å²) < 4.78 is 38.1. The molecule has 1 aliphatic rings. The molecule has 1 aliphatic heterocycles. The Morgan fingerprint density at radius 2 is 1.93 bits per heavy atom. The number of hydrogen-bond acceptors (Lipinski definition) is 2. The topological polar surface area (TPSA) is 57.6 Å². The van der Waals surface area contributed by atoms with Crippen LogP contribution in [0.2, 0.25) is 0 Å². The van der Waals surface area contributed by atoms with Gasteiger partial charge < -0.3 is 10.0 Å². The van der Waals surface area contributed by atoms with E-state index < -0.39 is 30.0 Å². The lowest BCUT2D eigenvalue weighted by Gasteiger charge is -2.35. The van der Waals surface area contributed by atoms with Crippen LogP contribution in [0.15, 0.2) is 0 Å². The van der Waals surface area contributed by atoms with E-state index in [1.54, 1.807) is 0 Å². The van der Waals surface area contributed by atoms with Gasteiger partial charge in [-0.1, -0.05) is 0 Å². The normalized spacial score (nSPS) is 26.8. The highest BCUT2D eigenvalue weighted by Gasteiger charge is 2.67. The number of hydrogen-bond donors (Lipinski definition) is 1. The van der Waals surface area contributed by atoms with Crippen molar-refractivity contribution in [3.63, 3.8) is 0 Å². The fourth-order valence-electron chi connectivity index (χ4n) is 1.88. The molecule has 1 unspecified atom stereocenters. The Balaban J connectivity index is 3.22. The number of carboxylic acid groups (broad SMARTS) is 1. The van der Waals surface area contributed by atoms with E-state index in [4.69, 9.17) is 5.11 Å². The molecule has 1 heterocycles. The highest BCUT2D eigenvalue weighted by Crippen LogP contribution is 2.43. The quantitative estimate of drug-likeness (QED) is 0.724. The van der Waals surface area contributed by atoms with Gasteiger partial charge in [-0.15, -0.1) is 0 Å². The first kappa shape index (κ1) is 11.8. The van der Waals surface area contributed by atoms with E-state index in [0.29, 0.717) is 4.90 Å². The summed E-state index contributed by atoms with van der Waals surface area (Å²) in [5.41, 5.74) is -3.03. The van der Waals surface area contributed by atoms with Gasteiger partial charge in [0.2, 0.25) is 11.4 Å². The van der Waals surface area contributed by atoms with Crippen molar-refractivity contribution in [2.24, 2.45) is 0 Å². The van der Waals surface area contributed by atoms with Crippen LogP contribution < -0.4 is 0 Å². The van der Waals surface area contributed by atoms with E-state index in [1.807, 2.05) is 0 Å². The third-order valence-corrected chi connectivity index (χ3v) is 2.58. The second-order valence-electron chi connectivity index (χ2n) is 3.44. The fraction of sp³-hybridized carbons (Fsp3) is 0.750. The molecule has 0 aliphatic carbocycles. The zero-order chi connectivity index (χ0) is 11.9. The zero-order valence-corrected chi connectivity index (χ0v) is 7.97. The molecule has 1 amide bonds. The van der Waals surface area contributed by atoms with Crippen molar-refractivity contribution in [1.82, 2.24) is 4.90 Å². The lowest BCUT2D eigenvalue weighted by atomic mass is 9.95. The number of carboxylic acids is 1. The number of carbonyl (C=O) groups excluding carboxylic acids is 1. The van der Waals surface area contributed by atoms with Crippen LogP contribution in [0.1, 0.15) is 19.8 Å². The molecular formula is C8H10F3NO3. The Hall–Kier alpha value is -1.27. The van der Waals surface area contributed by atoms with Crippen LogP contribution in [0.25, 0.3) is 0 Å². The van der Waals surface area contributed by atoms with E-state index in [2.05, 4.69) is 0 Å². The van der Waals surface area contributed by atoms with Gasteiger partial charge in [0.05, 0.1) is 0 Å². The Bertz CT molecular complexity index is 302. The van der Waals surface area contributed by atoms with Crippen molar-refractivity contribution in [2.45, 2.75) is 31.5 Å². The smallest absolute Gasteiger partial charge is 0.422 e. The minimum absolute atomic E-state index is 0.0470. The van der Waals surface area contributed by atoms with Gasteiger partial charge in [0.1, 0.15) is 0 Å². The average molecular weight is 225 g/mol. The van der Waals surface area contributed by atoms with Crippen molar-refractivity contribution >= 4 is 11.9 Å². The molecule has 0 aromatic heterocycles. The monoisotopic (exact) mass is 225 g/mol. The summed E-state index contributed by atoms with van der Waals surface area (Å²) in [5.74, 6) is -2.88. The van der Waals surface area contributed by atoms with Crippen molar-refractivity contribution in [1.29, 1.82) is 0 Å². The second-order valence-corrected chi connectivity index (χ2v) is 3.44. The van der Waals surface area contributed by atoms with E-state index in [1.165, 1.54) is 0 Å². The van der Waals surface area contributed by atoms with Crippen LogP contribution in [0.5, 0.6) is 0 Å². The van der Waals surface area contributed by atoms with Crippen LogP contribution in [-0.4, -0.2) is 40.1 Å². The number of carbonyl (C=O) groups is 2. The van der Waals surface area contributed by atoms with Gasteiger partial charge in [-0.2, -0.15) is 13.2 Å². The maximum atomic E-state index is 12.7. The Labute approximate surface area is 83.7 Å². The number of halogens is 3. The molecular weight excluding hydrogens is 215 g/mol. The van der Waals surface area contributed by atoms with Crippen LogP contribution in [0.4, 0.5) is 13.2 Å². The number of rotatable bonds is 1. The molecule has 15 heavy (non-hydrogen) atoms. The Morgan fingerprint density at radius 1 is 1.40 bits per heavy atom. The summed E-state index contributed by atoms with van der Waals surface area (Å²) in [5, 5.41) is 8.70. The average Bonchev–Trinajstić information content (AvgIpc) is 2.45. The summed E-state index contributed by atoms with van der Waals surface area (Å²) in [7, 11) is 0. The number of alkyl halides is 3. The number of likely N-dealkylation sites (tertiary alicyclic amines) is 1. The van der Waals surface area contributed by atoms with Gasteiger partial charge in [-0.05, 0) is 12.8 Å². The van der Waals surface area contributed by atoms with Gasteiger partial charge in [-0.3, -0.25) is 4.79 Å². The third kappa shape index (κ3) is 1.55. The molecule has 86 valence electrons. The molecule has 0 bridgehead atoms. The van der Waals surface area contributed by atoms with Gasteiger partial charge in [0, 0.05) is 13.5 Å². The third-order valence-electron chi connectivity index (χ3n) is 2.58. The molecule has 1 fully saturated rings. The first-order valence-corrected chi connectivity index (χ1v) is 4.32. The lowest BCUT2D eigenvalue weighted by molar-refractivity contribution is -0.230. The van der Waals surface area contributed by atoms with E-state index >= 15 is 0 Å². The maximum Gasteiger partial charge on any atom is 0.422 e. The number of aliphatic carboxylic acids is 1. The molecule has 4 nitrogen and oxygen atoms in total. The van der Waals surface area contributed by atoms with Crippen LogP contribution in [0, 0.1) is 0 Å². The standard InChI is InChI=1S/C8H10F3NO3/c1-5(13)12-4-2-3-7(12,6(14)15)8(9,10)11/h2-4H2,1H3,(H,14,15). The second kappa shape index (κ2) is 3.39. The largest absolute Gasteiger partial charge is 0.479 e. The molecule has 0 radical (unpaired) electrons. The molecule has 1 N–H and O–H groups in total. The first-order valence-electron chi connectivity index (χ1n) is 4.32. The van der Waals surface area contributed by atoms with Gasteiger partial charge in [0.15, 0.2) is 0 Å². The minimum atomic E-state index is -4.94. The SMILES string of the molecule is CC(=O)N1CCCC1(C(=O)O)C(F)(F)F. The Kier molecular flexibility index (Phi) is 2.67. The summed E-state index contributed by atoms with van der Waals surface area (Å²) in [4.78, 5) is 22.1. The minimum Gasteiger partial charge on any atom is -0.479 e. The molecule has 1 saturated heterocycles. The van der Waals surface area contributed by atoms with E-state index in [-0.39, 0.29) is 13.0 Å². The summed E-state index contributed by atoms with van der Waals surface area (Å²) >= 11 is 0. The van der Waals surface area contributed by atoms with Crippen molar-refractivity contribution in [3.05, 3.63) is 0 Å². The van der Waals surface area contributed by atoms with Gasteiger partial charge >= 0.3 is 12.1 Å². The van der Waals surface area contributed by atoms with Crippen LogP contribution in [0.3, 0.4) is 0 Å². The zero-order valence-electron chi connectivity index (χ0n) is 7.97. The molecule has 1 atom stereocenters. The fourth-order valence-corrected chi connectivity index (χ4v) is 1.88. The number of nitrogens with zero attached hydrogens (tertiary/aromatic N) is 1. The van der Waals surface area contributed by atoms with Crippen LogP contribution in [-0.2, 0) is 9.59 Å². The van der Waals surface area contributed by atoms with E-state index in [0.717, 1.165) is 6.92 Å². The molecule has 0 aromatic carbocycles. The van der Waals surface area contributed by atoms with Crippen molar-refractivity contribution < 1.29 is 27.9 Å². The van der Waals surface area contributed by atoms with Crippen molar-refractivity contribution in [3.8, 4) is 0 Å². The number of amides is 1. The lowest BCUT2D eigenvalue weighted by Crippen LogP contribution is -2.61. The maximum absolute atomic E-state index is 12.7. The molecule has 0 saturated carbocycles. The molecule has 1 rings (SSSR count). The van der Waals surface area contributed by atoms with Crippen molar-refractivity contribution in [2.75, 3.05) is 6.54 Å². The highest BCUT2D eigenvalue weighted by molar-refractivity contribution is 5.87. The van der Waals surface area contributed by atoms with Crippen LogP contribution >= 0.6 is 0 Å². The predicted octanol–water partition coefficient (Wildman–Crippen LogP) is 1.01. The summed E-state index contributed by atoms with van der Waals surface area (Å²) in [6.07, 6.45) is -5.47. The first-order chi connectivity index (χ1) is 6.73. The Morgan fingerprint density at radius 3 is 2.20 bits per heavy atom.